The lowest BCUT2D eigenvalue weighted by Crippen LogP contribution is -2.43. The molecule has 0 spiro atoms. The average Bonchev–Trinajstić information content (AvgIpc) is 3.30. The van der Waals surface area contributed by atoms with Crippen LogP contribution in [0.1, 0.15) is 24.5 Å². The Bertz CT molecular complexity index is 574. The van der Waals surface area contributed by atoms with Crippen molar-refractivity contribution in [2.75, 3.05) is 39.8 Å². The molecule has 2 aliphatic heterocycles. The van der Waals surface area contributed by atoms with Gasteiger partial charge in [0.1, 0.15) is 0 Å². The van der Waals surface area contributed by atoms with E-state index in [-0.39, 0.29) is 24.0 Å². The number of aryl methyl sites for hydroxylation is 1. The molecule has 1 atom stereocenters. The smallest absolute Gasteiger partial charge is 0.193 e. The molecule has 1 N–H and O–H groups in total. The van der Waals surface area contributed by atoms with E-state index in [9.17, 15) is 0 Å². The van der Waals surface area contributed by atoms with Gasteiger partial charge >= 0.3 is 0 Å². The van der Waals surface area contributed by atoms with E-state index in [1.807, 2.05) is 7.05 Å². The zero-order valence-corrected chi connectivity index (χ0v) is 17.8. The highest BCUT2D eigenvalue weighted by atomic mass is 127. The number of hydrogen-bond acceptors (Lipinski definition) is 2. The predicted octanol–water partition coefficient (Wildman–Crippen LogP) is 2.93. The van der Waals surface area contributed by atoms with Crippen LogP contribution in [-0.4, -0.2) is 61.6 Å². The van der Waals surface area contributed by atoms with E-state index in [1.165, 1.54) is 17.5 Å². The van der Waals surface area contributed by atoms with Gasteiger partial charge in [-0.15, -0.1) is 24.0 Å². The van der Waals surface area contributed by atoms with Crippen LogP contribution >= 0.6 is 24.0 Å². The van der Waals surface area contributed by atoms with Crippen molar-refractivity contribution in [2.24, 2.45) is 4.99 Å². The number of benzene rings is 1. The zero-order valence-electron chi connectivity index (χ0n) is 15.4. The quantitative estimate of drug-likeness (QED) is 0.321. The second kappa shape index (κ2) is 10.2. The molecule has 1 aromatic rings. The van der Waals surface area contributed by atoms with Crippen molar-refractivity contribution in [1.82, 2.24) is 15.1 Å². The predicted molar refractivity (Wildman–Crippen MR) is 117 cm³/mol. The fourth-order valence-corrected chi connectivity index (χ4v) is 3.62. The van der Waals surface area contributed by atoms with Gasteiger partial charge in [-0.3, -0.25) is 9.89 Å². The number of aliphatic imine (C=N–C) groups is 1. The summed E-state index contributed by atoms with van der Waals surface area (Å²) < 4.78 is 0. The Kier molecular flexibility index (Phi) is 8.22. The van der Waals surface area contributed by atoms with Gasteiger partial charge in [0, 0.05) is 45.8 Å². The number of likely N-dealkylation sites (tertiary alicyclic amines) is 1. The Morgan fingerprint density at radius 2 is 1.84 bits per heavy atom. The van der Waals surface area contributed by atoms with Gasteiger partial charge in [-0.1, -0.05) is 43.3 Å². The Labute approximate surface area is 169 Å². The minimum atomic E-state index is 0. The van der Waals surface area contributed by atoms with Crippen molar-refractivity contribution in [3.8, 4) is 0 Å². The summed E-state index contributed by atoms with van der Waals surface area (Å²) in [5.74, 6) is 1.05. The fourth-order valence-electron chi connectivity index (χ4n) is 3.62. The molecule has 1 saturated heterocycles. The molecular formula is C20H31IN4. The van der Waals surface area contributed by atoms with E-state index in [0.717, 1.165) is 51.5 Å². The molecule has 0 radical (unpaired) electrons. The fraction of sp³-hybridized carbons (Fsp3) is 0.550. The van der Waals surface area contributed by atoms with Gasteiger partial charge in [-0.25, -0.2) is 0 Å². The largest absolute Gasteiger partial charge is 0.356 e. The summed E-state index contributed by atoms with van der Waals surface area (Å²) in [5.41, 5.74) is 2.79. The highest BCUT2D eigenvalue weighted by Gasteiger charge is 2.29. The Morgan fingerprint density at radius 1 is 1.16 bits per heavy atom. The number of nitrogens with zero attached hydrogens (tertiary/aromatic N) is 3. The normalized spacial score (nSPS) is 20.8. The maximum atomic E-state index is 4.49. The van der Waals surface area contributed by atoms with E-state index < -0.39 is 0 Å². The molecule has 4 nitrogen and oxygen atoms in total. The van der Waals surface area contributed by atoms with Gasteiger partial charge < -0.3 is 10.2 Å². The lowest BCUT2D eigenvalue weighted by Gasteiger charge is -2.25. The molecule has 0 aliphatic carbocycles. The van der Waals surface area contributed by atoms with E-state index in [4.69, 9.17) is 0 Å². The van der Waals surface area contributed by atoms with Crippen LogP contribution in [0.15, 0.2) is 41.4 Å². The molecule has 3 rings (SSSR count). The SMILES string of the molecule is CCc1ccc(CCNC(=NC)N2CCC(N3CC=CC3)C2)cc1.I. The lowest BCUT2D eigenvalue weighted by atomic mass is 10.1. The number of halogens is 1. The number of rotatable bonds is 5. The summed E-state index contributed by atoms with van der Waals surface area (Å²) >= 11 is 0. The van der Waals surface area contributed by atoms with Gasteiger partial charge in [0.25, 0.3) is 0 Å². The summed E-state index contributed by atoms with van der Waals surface area (Å²) in [6, 6.07) is 9.63. The average molecular weight is 454 g/mol. The van der Waals surface area contributed by atoms with E-state index >= 15 is 0 Å². The Morgan fingerprint density at radius 3 is 2.48 bits per heavy atom. The molecule has 0 saturated carbocycles. The third kappa shape index (κ3) is 5.45. The molecule has 0 amide bonds. The molecule has 0 aromatic heterocycles. The van der Waals surface area contributed by atoms with Gasteiger partial charge in [-0.05, 0) is 30.4 Å². The first-order valence-electron chi connectivity index (χ1n) is 9.22. The van der Waals surface area contributed by atoms with Crippen molar-refractivity contribution < 1.29 is 0 Å². The van der Waals surface area contributed by atoms with Crippen molar-refractivity contribution in [3.05, 3.63) is 47.5 Å². The van der Waals surface area contributed by atoms with Crippen LogP contribution in [0.5, 0.6) is 0 Å². The summed E-state index contributed by atoms with van der Waals surface area (Å²) in [6.45, 7) is 7.54. The Balaban J connectivity index is 0.00000225. The first-order valence-corrected chi connectivity index (χ1v) is 9.22. The highest BCUT2D eigenvalue weighted by Crippen LogP contribution is 2.17. The molecule has 2 heterocycles. The third-order valence-corrected chi connectivity index (χ3v) is 5.17. The maximum Gasteiger partial charge on any atom is 0.193 e. The van der Waals surface area contributed by atoms with Gasteiger partial charge in [0.2, 0.25) is 0 Å². The minimum Gasteiger partial charge on any atom is -0.356 e. The van der Waals surface area contributed by atoms with Crippen LogP contribution in [0.2, 0.25) is 0 Å². The third-order valence-electron chi connectivity index (χ3n) is 5.17. The van der Waals surface area contributed by atoms with Crippen molar-refractivity contribution in [3.63, 3.8) is 0 Å². The molecule has 2 aliphatic rings. The highest BCUT2D eigenvalue weighted by molar-refractivity contribution is 14.0. The van der Waals surface area contributed by atoms with Crippen molar-refractivity contribution in [2.45, 2.75) is 32.2 Å². The van der Waals surface area contributed by atoms with Crippen LogP contribution in [0.25, 0.3) is 0 Å². The lowest BCUT2D eigenvalue weighted by molar-refractivity contribution is 0.259. The molecule has 1 fully saturated rings. The van der Waals surface area contributed by atoms with Crippen LogP contribution in [0, 0.1) is 0 Å². The maximum absolute atomic E-state index is 4.49. The second-order valence-corrected chi connectivity index (χ2v) is 6.71. The van der Waals surface area contributed by atoms with Crippen LogP contribution in [0.3, 0.4) is 0 Å². The van der Waals surface area contributed by atoms with E-state index in [1.54, 1.807) is 0 Å². The van der Waals surface area contributed by atoms with Crippen molar-refractivity contribution >= 4 is 29.9 Å². The summed E-state index contributed by atoms with van der Waals surface area (Å²) in [7, 11) is 1.89. The van der Waals surface area contributed by atoms with E-state index in [0.29, 0.717) is 6.04 Å². The topological polar surface area (TPSA) is 30.9 Å². The van der Waals surface area contributed by atoms with Crippen LogP contribution in [0.4, 0.5) is 0 Å². The monoisotopic (exact) mass is 454 g/mol. The number of nitrogens with one attached hydrogen (secondary N) is 1. The van der Waals surface area contributed by atoms with Gasteiger partial charge in [0.15, 0.2) is 5.96 Å². The van der Waals surface area contributed by atoms with Gasteiger partial charge in [0.05, 0.1) is 0 Å². The summed E-state index contributed by atoms with van der Waals surface area (Å²) in [6.07, 6.45) is 7.93. The van der Waals surface area contributed by atoms with Crippen LogP contribution in [-0.2, 0) is 12.8 Å². The zero-order chi connectivity index (χ0) is 16.8. The Hall–Kier alpha value is -1.08. The molecular weight excluding hydrogens is 423 g/mol. The molecule has 1 aromatic carbocycles. The molecule has 1 unspecified atom stereocenters. The number of hydrogen-bond donors (Lipinski definition) is 1. The van der Waals surface area contributed by atoms with Gasteiger partial charge in [-0.2, -0.15) is 0 Å². The minimum absolute atomic E-state index is 0. The summed E-state index contributed by atoms with van der Waals surface area (Å²) in [5, 5.41) is 3.54. The summed E-state index contributed by atoms with van der Waals surface area (Å²) in [4.78, 5) is 9.45. The molecule has 25 heavy (non-hydrogen) atoms. The second-order valence-electron chi connectivity index (χ2n) is 6.71. The number of guanidine groups is 1. The standard InChI is InChI=1S/C20H30N4.HI/c1-3-17-6-8-18(9-7-17)10-12-22-20(21-2)24-15-11-19(16-24)23-13-4-5-14-23;/h4-9,19H,3,10-16H2,1-2H3,(H,21,22);1H. The van der Waals surface area contributed by atoms with Crippen molar-refractivity contribution in [1.29, 1.82) is 0 Å². The first-order chi connectivity index (χ1) is 11.8. The molecule has 0 bridgehead atoms. The first kappa shape index (κ1) is 20.2. The molecule has 5 heteroatoms. The van der Waals surface area contributed by atoms with E-state index in [2.05, 4.69) is 63.5 Å². The molecule has 138 valence electrons. The van der Waals surface area contributed by atoms with Crippen LogP contribution < -0.4 is 5.32 Å².